The van der Waals surface area contributed by atoms with Crippen LogP contribution in [0.1, 0.15) is 55.4 Å². The quantitative estimate of drug-likeness (QED) is 0.396. The number of esters is 2. The molecule has 16 nitrogen and oxygen atoms in total. The fraction of sp³-hybridized carbons (Fsp3) is 0.846. The van der Waals surface area contributed by atoms with Gasteiger partial charge in [-0.2, -0.15) is 0 Å². The molecule has 0 saturated carbocycles. The summed E-state index contributed by atoms with van der Waals surface area (Å²) in [5, 5.41) is 18.4. The zero-order valence-electron chi connectivity index (χ0n) is 25.2. The van der Waals surface area contributed by atoms with Gasteiger partial charge in [0.05, 0.1) is 14.2 Å². The Kier molecular flexibility index (Phi) is 9.66. The van der Waals surface area contributed by atoms with Gasteiger partial charge in [-0.05, 0) is 55.4 Å². The lowest BCUT2D eigenvalue weighted by atomic mass is 10.0. The maximum atomic E-state index is 11.9. The van der Waals surface area contributed by atoms with E-state index in [1.807, 2.05) is 0 Å². The normalized spacial score (nSPS) is 37.4. The maximum Gasteiger partial charge on any atom is 0.337 e. The summed E-state index contributed by atoms with van der Waals surface area (Å²) >= 11 is 0. The minimum Gasteiger partial charge on any atom is -0.479 e. The Labute approximate surface area is 242 Å². The Balaban J connectivity index is 0.000000231. The van der Waals surface area contributed by atoms with E-state index in [-0.39, 0.29) is 0 Å². The second kappa shape index (κ2) is 11.9. The molecule has 4 fully saturated rings. The van der Waals surface area contributed by atoms with Gasteiger partial charge in [-0.3, -0.25) is 0 Å². The highest BCUT2D eigenvalue weighted by molar-refractivity contribution is 5.78. The van der Waals surface area contributed by atoms with E-state index in [0.717, 1.165) is 0 Å². The fourth-order valence-corrected chi connectivity index (χ4v) is 5.10. The Morgan fingerprint density at radius 3 is 0.881 bits per heavy atom. The van der Waals surface area contributed by atoms with Crippen LogP contribution in [0.25, 0.3) is 0 Å². The lowest BCUT2D eigenvalue weighted by molar-refractivity contribution is -0.177. The molecule has 4 saturated heterocycles. The number of hydrogen-bond donors (Lipinski definition) is 2. The average molecular weight is 609 g/mol. The number of methoxy groups -OCH3 is 2. The highest BCUT2D eigenvalue weighted by Crippen LogP contribution is 2.40. The summed E-state index contributed by atoms with van der Waals surface area (Å²) in [6.07, 6.45) is -8.49. The van der Waals surface area contributed by atoms with Gasteiger partial charge >= 0.3 is 23.9 Å². The van der Waals surface area contributed by atoms with Crippen LogP contribution in [0.5, 0.6) is 0 Å². The van der Waals surface area contributed by atoms with Crippen LogP contribution in [-0.2, 0) is 66.5 Å². The number of carbonyl (C=O) groups excluding carboxylic acids is 2. The summed E-state index contributed by atoms with van der Waals surface area (Å²) in [4.78, 5) is 46.4. The van der Waals surface area contributed by atoms with Crippen LogP contribution in [-0.4, -0.2) is 120 Å². The third-order valence-electron chi connectivity index (χ3n) is 6.52. The Bertz CT molecular complexity index is 969. The molecule has 4 aliphatic heterocycles. The van der Waals surface area contributed by atoms with Crippen molar-refractivity contribution in [1.82, 2.24) is 0 Å². The molecule has 8 atom stereocenters. The van der Waals surface area contributed by atoms with Gasteiger partial charge < -0.3 is 57.6 Å². The van der Waals surface area contributed by atoms with Crippen molar-refractivity contribution in [2.45, 2.75) is 127 Å². The van der Waals surface area contributed by atoms with Gasteiger partial charge in [0.25, 0.3) is 0 Å². The van der Waals surface area contributed by atoms with Gasteiger partial charge in [0.15, 0.2) is 47.6 Å². The van der Waals surface area contributed by atoms with E-state index in [1.165, 1.54) is 14.2 Å². The number of aliphatic carboxylic acids is 2. The largest absolute Gasteiger partial charge is 0.479 e. The van der Waals surface area contributed by atoms with Gasteiger partial charge in [0.1, 0.15) is 24.4 Å². The first-order valence-corrected chi connectivity index (χ1v) is 13.2. The van der Waals surface area contributed by atoms with Crippen LogP contribution in [0.15, 0.2) is 0 Å². The smallest absolute Gasteiger partial charge is 0.337 e. The Morgan fingerprint density at radius 1 is 0.452 bits per heavy atom. The first-order chi connectivity index (χ1) is 19.1. The lowest BCUT2D eigenvalue weighted by Gasteiger charge is -2.24. The predicted molar refractivity (Wildman–Crippen MR) is 135 cm³/mol. The Morgan fingerprint density at radius 2 is 0.667 bits per heavy atom. The zero-order valence-corrected chi connectivity index (χ0v) is 25.2. The molecule has 16 heteroatoms. The molecule has 0 unspecified atom stereocenters. The van der Waals surface area contributed by atoms with Crippen LogP contribution in [0.4, 0.5) is 0 Å². The molecule has 0 aliphatic carbocycles. The van der Waals surface area contributed by atoms with Crippen LogP contribution in [0, 0.1) is 0 Å². The fourth-order valence-electron chi connectivity index (χ4n) is 5.10. The summed E-state index contributed by atoms with van der Waals surface area (Å²) in [5.41, 5.74) is 0. The van der Waals surface area contributed by atoms with Crippen molar-refractivity contribution in [2.24, 2.45) is 0 Å². The molecule has 42 heavy (non-hydrogen) atoms. The molecule has 4 heterocycles. The van der Waals surface area contributed by atoms with Crippen molar-refractivity contribution in [3.05, 3.63) is 0 Å². The number of ether oxygens (including phenoxy) is 10. The van der Waals surface area contributed by atoms with Crippen molar-refractivity contribution >= 4 is 23.9 Å². The van der Waals surface area contributed by atoms with E-state index in [0.29, 0.717) is 0 Å². The maximum absolute atomic E-state index is 11.9. The molecule has 2 N–H and O–H groups in total. The van der Waals surface area contributed by atoms with Crippen LogP contribution in [0.2, 0.25) is 0 Å². The summed E-state index contributed by atoms with van der Waals surface area (Å²) in [6, 6.07) is 0. The first-order valence-electron chi connectivity index (χ1n) is 13.2. The molecule has 4 rings (SSSR count). The van der Waals surface area contributed by atoms with Gasteiger partial charge in [0, 0.05) is 0 Å². The van der Waals surface area contributed by atoms with E-state index < -0.39 is 95.9 Å². The zero-order chi connectivity index (χ0) is 32.0. The van der Waals surface area contributed by atoms with Crippen LogP contribution >= 0.6 is 0 Å². The number of carboxylic acids is 2. The number of carboxylic acid groups (broad SMARTS) is 2. The third-order valence-corrected chi connectivity index (χ3v) is 6.52. The predicted octanol–water partition coefficient (Wildman–Crippen LogP) is 0.568. The van der Waals surface area contributed by atoms with E-state index in [1.54, 1.807) is 55.4 Å². The molecule has 0 amide bonds. The van der Waals surface area contributed by atoms with Crippen molar-refractivity contribution in [2.75, 3.05) is 14.2 Å². The second-order valence-electron chi connectivity index (χ2n) is 11.8. The summed E-state index contributed by atoms with van der Waals surface area (Å²) in [7, 11) is 2.50. The molecule has 4 aliphatic rings. The van der Waals surface area contributed by atoms with Crippen molar-refractivity contribution in [3.63, 3.8) is 0 Å². The summed E-state index contributed by atoms with van der Waals surface area (Å²) in [5.74, 6) is -7.98. The van der Waals surface area contributed by atoms with Crippen molar-refractivity contribution < 1.29 is 76.8 Å². The first kappa shape index (κ1) is 34.1. The van der Waals surface area contributed by atoms with E-state index >= 15 is 0 Å². The van der Waals surface area contributed by atoms with Gasteiger partial charge in [0.2, 0.25) is 0 Å². The molecular formula is C26H40O16. The SMILES string of the molecule is CC1(C)O[C@H]([C@@H]2OC(C)(C)O[C@H]2C(=O)O)[C@@H](C(=O)O)O1.COC(=O)[C@H]1OC(C)(C)O[C@@H]1[C@@H]1OC(C)(C)O[C@H]1C(=O)OC. The minimum atomic E-state index is -1.31. The molecular weight excluding hydrogens is 568 g/mol. The van der Waals surface area contributed by atoms with Crippen molar-refractivity contribution in [3.8, 4) is 0 Å². The minimum absolute atomic E-state index is 0.604. The number of rotatable bonds is 6. The molecule has 240 valence electrons. The third kappa shape index (κ3) is 7.55. The molecule has 0 spiro atoms. The molecule has 0 aromatic rings. The summed E-state index contributed by atoms with van der Waals surface area (Å²) in [6.45, 7) is 12.9. The monoisotopic (exact) mass is 608 g/mol. The van der Waals surface area contributed by atoms with E-state index in [9.17, 15) is 29.4 Å². The summed E-state index contributed by atoms with van der Waals surface area (Å²) < 4.78 is 53.7. The molecule has 0 radical (unpaired) electrons. The van der Waals surface area contributed by atoms with Crippen LogP contribution in [0.3, 0.4) is 0 Å². The Hall–Kier alpha value is -2.44. The number of carbonyl (C=O) groups is 4. The standard InChI is InChI=1S/C14H22O8.C12H18O8/c1-13(2)19-7(9(21-13)11(15)17-5)8-10(12(16)18-6)22-14(3,4)20-8;1-11(2)17-5(7(19-11)9(13)14)6-8(10(15)16)20-12(3,4)18-6/h7-10H,1-6H3;5-8H,1-4H3,(H,13,14)(H,15,16)/t7-,8+,9+,10-;5-,6+,7+,8-. The average Bonchev–Trinajstić information content (AvgIpc) is 3.57. The lowest BCUT2D eigenvalue weighted by Crippen LogP contribution is -2.48. The second-order valence-corrected chi connectivity index (χ2v) is 11.8. The van der Waals surface area contributed by atoms with Crippen LogP contribution < -0.4 is 0 Å². The van der Waals surface area contributed by atoms with Gasteiger partial charge in [-0.1, -0.05) is 0 Å². The molecule has 0 aromatic heterocycles. The van der Waals surface area contributed by atoms with Gasteiger partial charge in [-0.25, -0.2) is 19.2 Å². The molecule has 0 bridgehead atoms. The van der Waals surface area contributed by atoms with Crippen molar-refractivity contribution in [1.29, 1.82) is 0 Å². The highest BCUT2D eigenvalue weighted by Gasteiger charge is 2.59. The van der Waals surface area contributed by atoms with E-state index in [2.05, 4.69) is 0 Å². The topological polar surface area (TPSA) is 201 Å². The van der Waals surface area contributed by atoms with Gasteiger partial charge in [-0.15, -0.1) is 0 Å². The number of hydrogen-bond acceptors (Lipinski definition) is 14. The highest BCUT2D eigenvalue weighted by atomic mass is 16.8. The molecule has 0 aromatic carbocycles. The van der Waals surface area contributed by atoms with E-state index in [4.69, 9.17) is 47.4 Å².